The number of aromatic nitrogens is 3. The van der Waals surface area contributed by atoms with Crippen molar-refractivity contribution in [3.05, 3.63) is 11.6 Å². The van der Waals surface area contributed by atoms with Gasteiger partial charge in [0.1, 0.15) is 17.2 Å². The molecule has 0 radical (unpaired) electrons. The SMILES string of the molecule is CC[C@]1(C)NC(=O)N(NC(=O)CN[C@@H]2CCc3nc(C)nn3C2)C1=O. The molecule has 2 atom stereocenters. The van der Waals surface area contributed by atoms with E-state index in [1.807, 2.05) is 11.6 Å². The number of rotatable bonds is 5. The molecular formula is C15H23N7O3. The average molecular weight is 349 g/mol. The van der Waals surface area contributed by atoms with Gasteiger partial charge in [-0.1, -0.05) is 6.92 Å². The topological polar surface area (TPSA) is 121 Å². The van der Waals surface area contributed by atoms with Crippen molar-refractivity contribution < 1.29 is 14.4 Å². The summed E-state index contributed by atoms with van der Waals surface area (Å²) in [7, 11) is 0. The number of aryl methyl sites for hydroxylation is 2. The highest BCUT2D eigenvalue weighted by Crippen LogP contribution is 2.19. The maximum atomic E-state index is 12.2. The normalized spacial score (nSPS) is 25.7. The van der Waals surface area contributed by atoms with Crippen LogP contribution in [0.1, 0.15) is 38.3 Å². The fraction of sp³-hybridized carbons (Fsp3) is 0.667. The Morgan fingerprint density at radius 2 is 2.20 bits per heavy atom. The first-order chi connectivity index (χ1) is 11.8. The van der Waals surface area contributed by atoms with E-state index in [9.17, 15) is 14.4 Å². The zero-order valence-corrected chi connectivity index (χ0v) is 14.6. The quantitative estimate of drug-likeness (QED) is 0.601. The smallest absolute Gasteiger partial charge is 0.322 e. The van der Waals surface area contributed by atoms with Crippen LogP contribution >= 0.6 is 0 Å². The Balaban J connectivity index is 1.51. The summed E-state index contributed by atoms with van der Waals surface area (Å²) in [5.74, 6) is 0.808. The van der Waals surface area contributed by atoms with Crippen LogP contribution in [0.3, 0.4) is 0 Å². The van der Waals surface area contributed by atoms with Crippen LogP contribution in [0.5, 0.6) is 0 Å². The molecule has 1 aromatic heterocycles. The summed E-state index contributed by atoms with van der Waals surface area (Å²) >= 11 is 0. The number of hydrogen-bond donors (Lipinski definition) is 3. The number of urea groups is 1. The fourth-order valence-electron chi connectivity index (χ4n) is 3.03. The van der Waals surface area contributed by atoms with Gasteiger partial charge in [0, 0.05) is 12.5 Å². The van der Waals surface area contributed by atoms with Crippen molar-refractivity contribution in [1.82, 2.24) is 35.8 Å². The molecule has 0 bridgehead atoms. The van der Waals surface area contributed by atoms with Gasteiger partial charge in [0.25, 0.3) is 11.8 Å². The maximum absolute atomic E-state index is 12.2. The van der Waals surface area contributed by atoms with Gasteiger partial charge in [-0.15, -0.1) is 0 Å². The first kappa shape index (κ1) is 17.3. The van der Waals surface area contributed by atoms with Gasteiger partial charge in [-0.05, 0) is 26.7 Å². The molecule has 0 aromatic carbocycles. The van der Waals surface area contributed by atoms with Crippen molar-refractivity contribution >= 4 is 17.8 Å². The molecule has 0 spiro atoms. The summed E-state index contributed by atoms with van der Waals surface area (Å²) in [4.78, 5) is 40.6. The van der Waals surface area contributed by atoms with Crippen LogP contribution in [0.25, 0.3) is 0 Å². The summed E-state index contributed by atoms with van der Waals surface area (Å²) < 4.78 is 1.85. The average Bonchev–Trinajstić information content (AvgIpc) is 3.04. The Morgan fingerprint density at radius 3 is 2.88 bits per heavy atom. The lowest BCUT2D eigenvalue weighted by Gasteiger charge is -2.24. The first-order valence-corrected chi connectivity index (χ1v) is 8.42. The molecule has 1 aromatic rings. The molecule has 0 aliphatic carbocycles. The van der Waals surface area contributed by atoms with Gasteiger partial charge in [0.05, 0.1) is 13.1 Å². The van der Waals surface area contributed by atoms with Crippen LogP contribution in [0.4, 0.5) is 4.79 Å². The van der Waals surface area contributed by atoms with E-state index in [1.54, 1.807) is 13.8 Å². The van der Waals surface area contributed by atoms with Crippen LogP contribution in [-0.2, 0) is 22.6 Å². The molecule has 1 saturated heterocycles. The monoisotopic (exact) mass is 349 g/mol. The highest BCUT2D eigenvalue weighted by Gasteiger charge is 2.47. The van der Waals surface area contributed by atoms with E-state index in [0.29, 0.717) is 13.0 Å². The number of carbonyl (C=O) groups is 3. The summed E-state index contributed by atoms with van der Waals surface area (Å²) in [5.41, 5.74) is 1.40. The number of imide groups is 1. The summed E-state index contributed by atoms with van der Waals surface area (Å²) in [6, 6.07) is -0.522. The van der Waals surface area contributed by atoms with Gasteiger partial charge in [0.15, 0.2) is 0 Å². The molecule has 3 rings (SSSR count). The second kappa shape index (κ2) is 6.43. The lowest BCUT2D eigenvalue weighted by atomic mass is 10.00. The van der Waals surface area contributed by atoms with Crippen molar-refractivity contribution in [3.8, 4) is 0 Å². The van der Waals surface area contributed by atoms with Crippen molar-refractivity contribution in [2.45, 2.75) is 58.2 Å². The van der Waals surface area contributed by atoms with Gasteiger partial charge in [0.2, 0.25) is 0 Å². The third-order valence-electron chi connectivity index (χ3n) is 4.72. The molecule has 3 heterocycles. The van der Waals surface area contributed by atoms with Gasteiger partial charge >= 0.3 is 6.03 Å². The Labute approximate surface area is 145 Å². The summed E-state index contributed by atoms with van der Waals surface area (Å²) in [6.07, 6.45) is 2.09. The number of carbonyl (C=O) groups excluding carboxylic acids is 3. The van der Waals surface area contributed by atoms with Crippen LogP contribution < -0.4 is 16.1 Å². The Morgan fingerprint density at radius 1 is 1.44 bits per heavy atom. The van der Waals surface area contributed by atoms with Crippen LogP contribution in [0.15, 0.2) is 0 Å². The van der Waals surface area contributed by atoms with E-state index in [1.165, 1.54) is 0 Å². The van der Waals surface area contributed by atoms with Gasteiger partial charge in [-0.3, -0.25) is 15.0 Å². The zero-order chi connectivity index (χ0) is 18.2. The molecule has 2 aliphatic rings. The van der Waals surface area contributed by atoms with Crippen molar-refractivity contribution in [1.29, 1.82) is 0 Å². The summed E-state index contributed by atoms with van der Waals surface area (Å²) in [6.45, 7) is 5.93. The highest BCUT2D eigenvalue weighted by molar-refractivity contribution is 6.07. The number of fused-ring (bicyclic) bond motifs is 1. The van der Waals surface area contributed by atoms with E-state index in [0.717, 1.165) is 29.5 Å². The van der Waals surface area contributed by atoms with Crippen molar-refractivity contribution in [2.24, 2.45) is 0 Å². The number of hydrogen-bond acceptors (Lipinski definition) is 6. The van der Waals surface area contributed by atoms with E-state index in [2.05, 4.69) is 26.1 Å². The molecule has 2 aliphatic heterocycles. The van der Waals surface area contributed by atoms with Crippen LogP contribution in [0.2, 0.25) is 0 Å². The molecule has 10 nitrogen and oxygen atoms in total. The van der Waals surface area contributed by atoms with E-state index in [4.69, 9.17) is 0 Å². The van der Waals surface area contributed by atoms with Crippen LogP contribution in [0, 0.1) is 6.92 Å². The van der Waals surface area contributed by atoms with Gasteiger partial charge < -0.3 is 10.6 Å². The minimum atomic E-state index is -0.970. The van der Waals surface area contributed by atoms with Gasteiger partial charge in [-0.25, -0.2) is 14.5 Å². The molecule has 1 fully saturated rings. The van der Waals surface area contributed by atoms with Crippen molar-refractivity contribution in [3.63, 3.8) is 0 Å². The molecule has 4 amide bonds. The number of nitrogens with one attached hydrogen (secondary N) is 3. The third kappa shape index (κ3) is 3.34. The number of amides is 4. The molecule has 136 valence electrons. The predicted octanol–water partition coefficient (Wildman–Crippen LogP) is -0.757. The third-order valence-corrected chi connectivity index (χ3v) is 4.72. The molecule has 25 heavy (non-hydrogen) atoms. The molecular weight excluding hydrogens is 326 g/mol. The van der Waals surface area contributed by atoms with Crippen LogP contribution in [-0.4, -0.2) is 55.7 Å². The largest absolute Gasteiger partial charge is 0.344 e. The molecule has 3 N–H and O–H groups in total. The van der Waals surface area contributed by atoms with E-state index < -0.39 is 23.4 Å². The Hall–Kier alpha value is -2.49. The molecule has 0 unspecified atom stereocenters. The highest BCUT2D eigenvalue weighted by atomic mass is 16.2. The molecule has 0 saturated carbocycles. The number of nitrogens with zero attached hydrogens (tertiary/aromatic N) is 4. The lowest BCUT2D eigenvalue weighted by Crippen LogP contribution is -2.52. The fourth-order valence-corrected chi connectivity index (χ4v) is 3.03. The van der Waals surface area contributed by atoms with E-state index >= 15 is 0 Å². The molecule has 10 heteroatoms. The number of hydrazine groups is 1. The minimum Gasteiger partial charge on any atom is -0.322 e. The standard InChI is InChI=1S/C15H23N7O3/c1-4-15(3)13(24)22(14(25)18-15)20-12(23)7-16-10-5-6-11-17-9(2)19-21(11)8-10/h10,16H,4-8H2,1-3H3,(H,18,25)(H,20,23)/t10-,15+/m1/s1. The lowest BCUT2D eigenvalue weighted by molar-refractivity contribution is -0.138. The van der Waals surface area contributed by atoms with E-state index in [-0.39, 0.29) is 12.6 Å². The second-order valence-electron chi connectivity index (χ2n) is 6.67. The van der Waals surface area contributed by atoms with Crippen molar-refractivity contribution in [2.75, 3.05) is 6.54 Å². The maximum Gasteiger partial charge on any atom is 0.344 e. The zero-order valence-electron chi connectivity index (χ0n) is 14.6. The van der Waals surface area contributed by atoms with Gasteiger partial charge in [-0.2, -0.15) is 10.1 Å². The first-order valence-electron chi connectivity index (χ1n) is 8.42. The predicted molar refractivity (Wildman–Crippen MR) is 87.1 cm³/mol. The Kier molecular flexibility index (Phi) is 4.46. The minimum absolute atomic E-state index is 0.00752. The Bertz CT molecular complexity index is 716. The summed E-state index contributed by atoms with van der Waals surface area (Å²) in [5, 5.41) is 10.8. The second-order valence-corrected chi connectivity index (χ2v) is 6.67.